The van der Waals surface area contributed by atoms with Gasteiger partial charge in [-0.25, -0.2) is 5.26 Å². The molecule has 5 nitrogen and oxygen atoms in total. The van der Waals surface area contributed by atoms with E-state index in [1.54, 1.807) is 18.2 Å². The summed E-state index contributed by atoms with van der Waals surface area (Å²) < 4.78 is 5.56. The molecular weight excluding hydrogens is 270 g/mol. The number of carbonyl (C=O) groups is 2. The van der Waals surface area contributed by atoms with Crippen molar-refractivity contribution in [3.8, 4) is 18.1 Å². The quantitative estimate of drug-likeness (QED) is 0.872. The molecule has 21 heavy (non-hydrogen) atoms. The number of ether oxygens (including phenoxy) is 1. The van der Waals surface area contributed by atoms with Gasteiger partial charge in [0.05, 0.1) is 0 Å². The van der Waals surface area contributed by atoms with Crippen LogP contribution < -0.4 is 4.74 Å². The second-order valence-corrected chi connectivity index (χ2v) is 3.62. The molecular formula is C16H15NO4. The van der Waals surface area contributed by atoms with Crippen molar-refractivity contribution in [3.63, 3.8) is 0 Å². The van der Waals surface area contributed by atoms with Crippen LogP contribution in [0.25, 0.3) is 0 Å². The summed E-state index contributed by atoms with van der Waals surface area (Å²) in [6.45, 7) is 4.58. The molecule has 0 saturated carbocycles. The monoisotopic (exact) mass is 285 g/mol. The summed E-state index contributed by atoms with van der Waals surface area (Å²) in [6, 6.07) is 16.5. The summed E-state index contributed by atoms with van der Waals surface area (Å²) in [7, 11) is 0. The van der Waals surface area contributed by atoms with Crippen LogP contribution in [-0.4, -0.2) is 17.4 Å². The number of aldehydes is 1. The van der Waals surface area contributed by atoms with Crippen LogP contribution >= 0.6 is 0 Å². The average molecular weight is 285 g/mol. The van der Waals surface area contributed by atoms with Gasteiger partial charge in [0.2, 0.25) is 0 Å². The summed E-state index contributed by atoms with van der Waals surface area (Å²) in [6.07, 6.45) is 0.803. The minimum Gasteiger partial charge on any atom is -0.481 e. The molecule has 0 heterocycles. The maximum Gasteiger partial charge on any atom is 0.300 e. The zero-order valence-electron chi connectivity index (χ0n) is 11.5. The minimum absolute atomic E-state index is 0.614. The Morgan fingerprint density at radius 3 is 2.14 bits per heavy atom. The molecule has 108 valence electrons. The summed E-state index contributed by atoms with van der Waals surface area (Å²) in [5, 5.41) is 13.9. The molecule has 2 aromatic rings. The van der Waals surface area contributed by atoms with E-state index in [0.29, 0.717) is 11.3 Å². The fourth-order valence-corrected chi connectivity index (χ4v) is 1.28. The second kappa shape index (κ2) is 10.8. The van der Waals surface area contributed by atoms with Gasteiger partial charge in [0.25, 0.3) is 5.97 Å². The zero-order valence-corrected chi connectivity index (χ0v) is 11.5. The second-order valence-electron chi connectivity index (χ2n) is 3.62. The molecule has 0 fully saturated rings. The Labute approximate surface area is 123 Å². The number of carboxylic acid groups (broad SMARTS) is 1. The average Bonchev–Trinajstić information content (AvgIpc) is 2.50. The first kappa shape index (κ1) is 17.9. The van der Waals surface area contributed by atoms with Crippen LogP contribution in [0.2, 0.25) is 0 Å². The van der Waals surface area contributed by atoms with Crippen molar-refractivity contribution in [2.24, 2.45) is 0 Å². The predicted molar refractivity (Wildman–Crippen MR) is 78.3 cm³/mol. The van der Waals surface area contributed by atoms with Gasteiger partial charge in [-0.05, 0) is 24.3 Å². The van der Waals surface area contributed by atoms with Gasteiger partial charge >= 0.3 is 0 Å². The number of carbonyl (C=O) groups excluding carboxylic acids is 1. The summed E-state index contributed by atoms with van der Waals surface area (Å²) in [5.41, 5.74) is 0.614. The number of aliphatic carboxylic acids is 1. The molecule has 0 saturated heterocycles. The molecule has 0 amide bonds. The molecule has 0 aromatic heterocycles. The van der Waals surface area contributed by atoms with Gasteiger partial charge in [-0.1, -0.05) is 30.3 Å². The first-order chi connectivity index (χ1) is 10.1. The Bertz CT molecular complexity index is 575. The first-order valence-electron chi connectivity index (χ1n) is 5.85. The highest BCUT2D eigenvalue weighted by molar-refractivity contribution is 5.75. The van der Waals surface area contributed by atoms with Crippen molar-refractivity contribution in [3.05, 3.63) is 60.2 Å². The smallest absolute Gasteiger partial charge is 0.300 e. The Kier molecular flexibility index (Phi) is 9.16. The lowest BCUT2D eigenvalue weighted by Crippen LogP contribution is -1.85. The lowest BCUT2D eigenvalue weighted by atomic mass is 10.2. The Morgan fingerprint density at radius 1 is 1.10 bits per heavy atom. The molecule has 0 atom stereocenters. The Balaban J connectivity index is 0.000000579. The molecule has 0 radical (unpaired) electrons. The van der Waals surface area contributed by atoms with E-state index in [2.05, 4.69) is 6.57 Å². The third-order valence-electron chi connectivity index (χ3n) is 1.97. The van der Waals surface area contributed by atoms with Crippen LogP contribution in [0.1, 0.15) is 17.3 Å². The van der Waals surface area contributed by atoms with Crippen LogP contribution in [0, 0.1) is 11.8 Å². The molecule has 0 unspecified atom stereocenters. The number of benzene rings is 2. The van der Waals surface area contributed by atoms with Gasteiger partial charge in [0.1, 0.15) is 17.8 Å². The number of carboxylic acids is 1. The molecule has 5 heteroatoms. The number of hydrogen-bond acceptors (Lipinski definition) is 4. The first-order valence-corrected chi connectivity index (χ1v) is 5.85. The topological polar surface area (TPSA) is 87.4 Å². The van der Waals surface area contributed by atoms with E-state index in [9.17, 15) is 4.79 Å². The van der Waals surface area contributed by atoms with Crippen molar-refractivity contribution >= 4 is 12.3 Å². The van der Waals surface area contributed by atoms with Gasteiger partial charge < -0.3 is 9.84 Å². The number of hydrogen-bond donors (Lipinski definition) is 1. The zero-order chi connectivity index (χ0) is 16.1. The van der Waals surface area contributed by atoms with Gasteiger partial charge in [0, 0.05) is 19.1 Å². The van der Waals surface area contributed by atoms with Crippen molar-refractivity contribution < 1.29 is 19.4 Å². The van der Waals surface area contributed by atoms with Crippen LogP contribution in [0.4, 0.5) is 0 Å². The van der Waals surface area contributed by atoms with Gasteiger partial charge in [0.15, 0.2) is 0 Å². The van der Waals surface area contributed by atoms with Crippen LogP contribution in [-0.2, 0) is 4.79 Å². The lowest BCUT2D eigenvalue weighted by Gasteiger charge is -2.04. The minimum atomic E-state index is -0.833. The molecule has 0 aliphatic carbocycles. The molecule has 0 aliphatic rings. The van der Waals surface area contributed by atoms with E-state index in [4.69, 9.17) is 19.9 Å². The summed E-state index contributed by atoms with van der Waals surface area (Å²) in [5.74, 6) is 0.603. The molecule has 0 aliphatic heterocycles. The number of nitrogens with zero attached hydrogens (tertiary/aromatic N) is 1. The normalized spacial score (nSPS) is 8.14. The van der Waals surface area contributed by atoms with E-state index in [1.807, 2.05) is 36.4 Å². The Hall–Kier alpha value is -3.13. The van der Waals surface area contributed by atoms with Gasteiger partial charge in [-0.3, -0.25) is 9.59 Å². The van der Waals surface area contributed by atoms with Gasteiger partial charge in [-0.15, -0.1) is 0 Å². The van der Waals surface area contributed by atoms with E-state index in [0.717, 1.165) is 19.0 Å². The third-order valence-corrected chi connectivity index (χ3v) is 1.97. The van der Waals surface area contributed by atoms with Crippen molar-refractivity contribution in [2.45, 2.75) is 6.92 Å². The van der Waals surface area contributed by atoms with Crippen molar-refractivity contribution in [2.75, 3.05) is 0 Å². The molecule has 0 bridgehead atoms. The maximum absolute atomic E-state index is 10.6. The van der Waals surface area contributed by atoms with Crippen molar-refractivity contribution in [1.82, 2.24) is 0 Å². The fraction of sp³-hybridized carbons (Fsp3) is 0.0625. The lowest BCUT2D eigenvalue weighted by molar-refractivity contribution is -0.134. The predicted octanol–water partition coefficient (Wildman–Crippen LogP) is 3.52. The fourth-order valence-electron chi connectivity index (χ4n) is 1.28. The van der Waals surface area contributed by atoms with E-state index >= 15 is 0 Å². The van der Waals surface area contributed by atoms with Crippen molar-refractivity contribution in [1.29, 1.82) is 5.26 Å². The highest BCUT2D eigenvalue weighted by Gasteiger charge is 1.97. The molecule has 2 rings (SSSR count). The number of nitriles is 1. The largest absolute Gasteiger partial charge is 0.481 e. The highest BCUT2D eigenvalue weighted by atomic mass is 16.5. The molecule has 1 N–H and O–H groups in total. The summed E-state index contributed by atoms with van der Waals surface area (Å²) >= 11 is 0. The van der Waals surface area contributed by atoms with Crippen LogP contribution in [0.15, 0.2) is 54.6 Å². The number of rotatable bonds is 3. The molecule has 2 aromatic carbocycles. The standard InChI is InChI=1S/C13H10O2.C2H4O2.CHN/c14-10-11-5-4-8-13(9-11)15-12-6-2-1-3-7-12;1-2(3)4;1-2/h1-10H;1H3,(H,3,4);1H. The van der Waals surface area contributed by atoms with Crippen LogP contribution in [0.3, 0.4) is 0 Å². The molecule has 0 spiro atoms. The van der Waals surface area contributed by atoms with Crippen LogP contribution in [0.5, 0.6) is 11.5 Å². The van der Waals surface area contributed by atoms with E-state index in [1.165, 1.54) is 0 Å². The Morgan fingerprint density at radius 2 is 1.62 bits per heavy atom. The van der Waals surface area contributed by atoms with E-state index < -0.39 is 5.97 Å². The van der Waals surface area contributed by atoms with Gasteiger partial charge in [-0.2, -0.15) is 0 Å². The SMILES string of the molecule is C#N.CC(=O)O.O=Cc1cccc(Oc2ccccc2)c1. The highest BCUT2D eigenvalue weighted by Crippen LogP contribution is 2.20. The number of para-hydroxylation sites is 1. The maximum atomic E-state index is 10.6. The third kappa shape index (κ3) is 8.56. The summed E-state index contributed by atoms with van der Waals surface area (Å²) in [4.78, 5) is 19.6. The van der Waals surface area contributed by atoms with E-state index in [-0.39, 0.29) is 0 Å².